The van der Waals surface area contributed by atoms with E-state index in [0.29, 0.717) is 29.8 Å². The van der Waals surface area contributed by atoms with Gasteiger partial charge in [-0.3, -0.25) is 4.79 Å². The fourth-order valence-corrected chi connectivity index (χ4v) is 4.62. The van der Waals surface area contributed by atoms with Gasteiger partial charge in [-0.2, -0.15) is 26.3 Å². The first-order valence-corrected chi connectivity index (χ1v) is 10.9. The zero-order chi connectivity index (χ0) is 26.0. The molecule has 8 heteroatoms. The summed E-state index contributed by atoms with van der Waals surface area (Å²) in [6.45, 7) is 2.12. The highest BCUT2D eigenvalue weighted by Crippen LogP contribution is 2.44. The lowest BCUT2D eigenvalue weighted by molar-refractivity contribution is -0.143. The van der Waals surface area contributed by atoms with Crippen LogP contribution >= 0.6 is 0 Å². The number of Topliss-reactive ketones (excluding diaryl/α,β-unsaturated/α-hetero) is 1. The highest BCUT2D eigenvalue weighted by Gasteiger charge is 2.48. The minimum absolute atomic E-state index is 0.0345. The standard InChI is InChI=1S/C27H25F6NO/c1-18(17-34(2)3)25(20-10-6-4-7-11-20,21-12-8-5-9-13-21)24(35)19-14-22(26(28,29)30)16-23(15-19)27(31,32)33/h4-16,18H,17H2,1-3H3/t18-/m1/s1. The van der Waals surface area contributed by atoms with E-state index in [0.717, 1.165) is 0 Å². The van der Waals surface area contributed by atoms with Crippen molar-refractivity contribution in [2.75, 3.05) is 20.6 Å². The minimum atomic E-state index is -5.06. The van der Waals surface area contributed by atoms with Crippen LogP contribution in [0.3, 0.4) is 0 Å². The van der Waals surface area contributed by atoms with Gasteiger partial charge < -0.3 is 4.90 Å². The molecular weight excluding hydrogens is 468 g/mol. The van der Waals surface area contributed by atoms with Crippen molar-refractivity contribution < 1.29 is 31.1 Å². The predicted molar refractivity (Wildman–Crippen MR) is 122 cm³/mol. The molecule has 3 aromatic carbocycles. The maximum Gasteiger partial charge on any atom is 0.416 e. The SMILES string of the molecule is C[C@H](CN(C)C)C(C(=O)c1cc(C(F)(F)F)cc(C(F)(F)F)c1)(c1ccccc1)c1ccccc1. The maximum atomic E-state index is 14.3. The quantitative estimate of drug-likeness (QED) is 0.259. The number of hydrogen-bond acceptors (Lipinski definition) is 2. The van der Waals surface area contributed by atoms with Crippen molar-refractivity contribution in [1.82, 2.24) is 4.90 Å². The van der Waals surface area contributed by atoms with Crippen molar-refractivity contribution >= 4 is 5.78 Å². The molecule has 3 aromatic rings. The van der Waals surface area contributed by atoms with E-state index in [9.17, 15) is 31.1 Å². The second-order valence-corrected chi connectivity index (χ2v) is 8.83. The molecule has 0 spiro atoms. The minimum Gasteiger partial charge on any atom is -0.309 e. The molecule has 0 aliphatic carbocycles. The Kier molecular flexibility index (Phi) is 7.45. The largest absolute Gasteiger partial charge is 0.416 e. The topological polar surface area (TPSA) is 20.3 Å². The summed E-state index contributed by atoms with van der Waals surface area (Å²) in [6, 6.07) is 18.0. The van der Waals surface area contributed by atoms with E-state index in [1.165, 1.54) is 0 Å². The van der Waals surface area contributed by atoms with Crippen molar-refractivity contribution in [1.29, 1.82) is 0 Å². The fourth-order valence-electron chi connectivity index (χ4n) is 4.62. The molecule has 0 saturated heterocycles. The zero-order valence-electron chi connectivity index (χ0n) is 19.4. The predicted octanol–water partition coefficient (Wildman–Crippen LogP) is 7.09. The molecule has 1 atom stereocenters. The number of hydrogen-bond donors (Lipinski definition) is 0. The summed E-state index contributed by atoms with van der Waals surface area (Å²) in [4.78, 5) is 16.1. The third kappa shape index (κ3) is 5.42. The van der Waals surface area contributed by atoms with Gasteiger partial charge in [-0.15, -0.1) is 0 Å². The summed E-state index contributed by atoms with van der Waals surface area (Å²) < 4.78 is 81.5. The molecule has 0 unspecified atom stereocenters. The second kappa shape index (κ2) is 9.85. The molecule has 0 saturated carbocycles. The van der Waals surface area contributed by atoms with Gasteiger partial charge in [-0.1, -0.05) is 67.6 Å². The smallest absolute Gasteiger partial charge is 0.309 e. The van der Waals surface area contributed by atoms with Crippen molar-refractivity contribution in [3.05, 3.63) is 107 Å². The van der Waals surface area contributed by atoms with E-state index in [1.54, 1.807) is 81.7 Å². The maximum absolute atomic E-state index is 14.3. The van der Waals surface area contributed by atoms with Crippen LogP contribution in [0.2, 0.25) is 0 Å². The van der Waals surface area contributed by atoms with Gasteiger partial charge in [-0.25, -0.2) is 0 Å². The normalized spacial score (nSPS) is 13.7. The van der Waals surface area contributed by atoms with Crippen molar-refractivity contribution in [2.45, 2.75) is 24.7 Å². The Morgan fingerprint density at radius 1 is 0.714 bits per heavy atom. The van der Waals surface area contributed by atoms with Crippen LogP contribution in [0.1, 0.15) is 39.5 Å². The van der Waals surface area contributed by atoms with Crippen molar-refractivity contribution in [3.63, 3.8) is 0 Å². The molecule has 35 heavy (non-hydrogen) atoms. The molecule has 3 rings (SSSR count). The number of halogens is 6. The van der Waals surface area contributed by atoms with E-state index < -0.39 is 46.2 Å². The van der Waals surface area contributed by atoms with Crippen LogP contribution in [-0.4, -0.2) is 31.3 Å². The highest BCUT2D eigenvalue weighted by molar-refractivity contribution is 6.07. The number of ketones is 1. The first-order chi connectivity index (χ1) is 16.3. The lowest BCUT2D eigenvalue weighted by Gasteiger charge is -2.40. The molecule has 0 aliphatic rings. The Balaban J connectivity index is 2.40. The van der Waals surface area contributed by atoms with Crippen LogP contribution in [0.15, 0.2) is 78.9 Å². The average Bonchev–Trinajstić information content (AvgIpc) is 2.79. The van der Waals surface area contributed by atoms with Crippen LogP contribution in [0.4, 0.5) is 26.3 Å². The monoisotopic (exact) mass is 493 g/mol. The van der Waals surface area contributed by atoms with E-state index in [4.69, 9.17) is 0 Å². The van der Waals surface area contributed by atoms with E-state index >= 15 is 0 Å². The number of rotatable bonds is 7. The van der Waals surface area contributed by atoms with Crippen LogP contribution in [0.25, 0.3) is 0 Å². The van der Waals surface area contributed by atoms with Gasteiger partial charge in [0.1, 0.15) is 0 Å². The van der Waals surface area contributed by atoms with Gasteiger partial charge in [0.15, 0.2) is 5.78 Å². The Morgan fingerprint density at radius 2 is 1.11 bits per heavy atom. The van der Waals surface area contributed by atoms with Gasteiger partial charge in [-0.05, 0) is 49.3 Å². The molecule has 0 N–H and O–H groups in total. The van der Waals surface area contributed by atoms with E-state index in [1.807, 2.05) is 4.90 Å². The third-order valence-corrected chi connectivity index (χ3v) is 6.04. The van der Waals surface area contributed by atoms with E-state index in [-0.39, 0.29) is 6.07 Å². The molecule has 0 aromatic heterocycles. The first-order valence-electron chi connectivity index (χ1n) is 10.9. The second-order valence-electron chi connectivity index (χ2n) is 8.83. The molecule has 0 heterocycles. The summed E-state index contributed by atoms with van der Waals surface area (Å²) in [7, 11) is 3.57. The summed E-state index contributed by atoms with van der Waals surface area (Å²) in [6.07, 6.45) is -10.1. The average molecular weight is 493 g/mol. The van der Waals surface area contributed by atoms with Crippen molar-refractivity contribution in [2.24, 2.45) is 5.92 Å². The number of nitrogens with zero attached hydrogens (tertiary/aromatic N) is 1. The molecule has 186 valence electrons. The summed E-state index contributed by atoms with van der Waals surface area (Å²) in [5.41, 5.74) is -4.27. The van der Waals surface area contributed by atoms with Gasteiger partial charge in [0.05, 0.1) is 16.5 Å². The number of benzene rings is 3. The first kappa shape index (κ1) is 26.5. The molecule has 0 radical (unpaired) electrons. The molecular formula is C27H25F6NO. The molecule has 0 amide bonds. The molecule has 2 nitrogen and oxygen atoms in total. The Labute approximate surface area is 200 Å². The number of carbonyl (C=O) groups excluding carboxylic acids is 1. The third-order valence-electron chi connectivity index (χ3n) is 6.04. The van der Waals surface area contributed by atoms with Gasteiger partial charge in [0, 0.05) is 12.1 Å². The van der Waals surface area contributed by atoms with Gasteiger partial charge in [0.25, 0.3) is 0 Å². The summed E-state index contributed by atoms with van der Waals surface area (Å²) >= 11 is 0. The van der Waals surface area contributed by atoms with Gasteiger partial charge >= 0.3 is 12.4 Å². The number of carbonyl (C=O) groups is 1. The lowest BCUT2D eigenvalue weighted by Crippen LogP contribution is -2.47. The van der Waals surface area contributed by atoms with Crippen LogP contribution in [0, 0.1) is 5.92 Å². The highest BCUT2D eigenvalue weighted by atomic mass is 19.4. The fraction of sp³-hybridized carbons (Fsp3) is 0.296. The number of alkyl halides is 6. The lowest BCUT2D eigenvalue weighted by atomic mass is 9.62. The molecule has 0 bridgehead atoms. The zero-order valence-corrected chi connectivity index (χ0v) is 19.4. The van der Waals surface area contributed by atoms with E-state index in [2.05, 4.69) is 0 Å². The van der Waals surface area contributed by atoms with Crippen molar-refractivity contribution in [3.8, 4) is 0 Å². The van der Waals surface area contributed by atoms with Crippen LogP contribution in [0.5, 0.6) is 0 Å². The summed E-state index contributed by atoms with van der Waals surface area (Å²) in [5.74, 6) is -1.35. The summed E-state index contributed by atoms with van der Waals surface area (Å²) in [5, 5.41) is 0. The Morgan fingerprint density at radius 3 is 1.46 bits per heavy atom. The Bertz CT molecular complexity index is 1080. The van der Waals surface area contributed by atoms with Crippen LogP contribution in [-0.2, 0) is 17.8 Å². The Hall–Kier alpha value is -3.13. The van der Waals surface area contributed by atoms with Gasteiger partial charge in [0.2, 0.25) is 0 Å². The van der Waals surface area contributed by atoms with Crippen LogP contribution < -0.4 is 0 Å². The molecule has 0 aliphatic heterocycles. The molecule has 0 fully saturated rings.